The van der Waals surface area contributed by atoms with Crippen molar-refractivity contribution >= 4 is 29.1 Å². The van der Waals surface area contributed by atoms with Gasteiger partial charge in [0.1, 0.15) is 5.75 Å². The van der Waals surface area contributed by atoms with Crippen LogP contribution in [0.2, 0.25) is 5.02 Å². The van der Waals surface area contributed by atoms with Crippen molar-refractivity contribution in [1.82, 2.24) is 5.32 Å². The molecule has 1 saturated carbocycles. The van der Waals surface area contributed by atoms with Gasteiger partial charge in [0.15, 0.2) is 0 Å². The van der Waals surface area contributed by atoms with Crippen LogP contribution in [0.5, 0.6) is 5.75 Å². The number of benzene rings is 2. The van der Waals surface area contributed by atoms with Crippen LogP contribution in [0.1, 0.15) is 28.8 Å². The Balaban J connectivity index is 1.58. The molecule has 0 unspecified atom stereocenters. The molecular formula is C19H19ClN2O3. The van der Waals surface area contributed by atoms with Gasteiger partial charge in [-0.05, 0) is 48.7 Å². The van der Waals surface area contributed by atoms with Crippen molar-refractivity contribution in [2.75, 3.05) is 12.4 Å². The van der Waals surface area contributed by atoms with Gasteiger partial charge in [-0.25, -0.2) is 0 Å². The van der Waals surface area contributed by atoms with Gasteiger partial charge in [0, 0.05) is 23.2 Å². The summed E-state index contributed by atoms with van der Waals surface area (Å²) in [5.74, 6) is 0.464. The molecule has 130 valence electrons. The zero-order valence-electron chi connectivity index (χ0n) is 13.8. The quantitative estimate of drug-likeness (QED) is 0.828. The number of hydrogen-bond acceptors (Lipinski definition) is 3. The number of nitrogens with one attached hydrogen (secondary N) is 2. The molecule has 0 aliphatic heterocycles. The van der Waals surface area contributed by atoms with Crippen molar-refractivity contribution < 1.29 is 14.3 Å². The standard InChI is InChI=1S/C19H19ClN2O3/c1-25-17-9-6-14(20)10-16(17)19(24)21-11-12-2-7-15(8-3-12)22-18(23)13-4-5-13/h2-3,6-10,13H,4-5,11H2,1H3,(H,21,24)(H,22,23). The zero-order chi connectivity index (χ0) is 17.8. The number of rotatable bonds is 6. The van der Waals surface area contributed by atoms with Crippen LogP contribution in [0, 0.1) is 5.92 Å². The fourth-order valence-corrected chi connectivity index (χ4v) is 2.60. The first-order chi connectivity index (χ1) is 12.1. The molecule has 2 amide bonds. The number of carbonyl (C=O) groups excluding carboxylic acids is 2. The number of amides is 2. The molecule has 0 aromatic heterocycles. The van der Waals surface area contributed by atoms with Gasteiger partial charge >= 0.3 is 0 Å². The minimum atomic E-state index is -0.259. The van der Waals surface area contributed by atoms with Gasteiger partial charge in [-0.1, -0.05) is 23.7 Å². The van der Waals surface area contributed by atoms with Crippen LogP contribution in [0.3, 0.4) is 0 Å². The van der Waals surface area contributed by atoms with E-state index in [0.717, 1.165) is 24.1 Å². The maximum Gasteiger partial charge on any atom is 0.255 e. The van der Waals surface area contributed by atoms with Crippen molar-refractivity contribution in [1.29, 1.82) is 0 Å². The molecule has 25 heavy (non-hydrogen) atoms. The van der Waals surface area contributed by atoms with Crippen LogP contribution in [0.25, 0.3) is 0 Å². The third-order valence-electron chi connectivity index (χ3n) is 4.03. The Labute approximate surface area is 151 Å². The normalized spacial score (nSPS) is 13.2. The van der Waals surface area contributed by atoms with E-state index in [1.807, 2.05) is 24.3 Å². The summed E-state index contributed by atoms with van der Waals surface area (Å²) in [5, 5.41) is 6.20. The summed E-state index contributed by atoms with van der Waals surface area (Å²) in [4.78, 5) is 24.1. The molecule has 6 heteroatoms. The summed E-state index contributed by atoms with van der Waals surface area (Å²) >= 11 is 5.95. The highest BCUT2D eigenvalue weighted by atomic mass is 35.5. The average Bonchev–Trinajstić information content (AvgIpc) is 3.46. The predicted molar refractivity (Wildman–Crippen MR) is 97.0 cm³/mol. The summed E-state index contributed by atoms with van der Waals surface area (Å²) in [6.07, 6.45) is 1.95. The first-order valence-electron chi connectivity index (χ1n) is 8.08. The molecule has 2 aromatic carbocycles. The van der Waals surface area contributed by atoms with E-state index in [9.17, 15) is 9.59 Å². The molecule has 1 aliphatic carbocycles. The number of hydrogen-bond donors (Lipinski definition) is 2. The lowest BCUT2D eigenvalue weighted by molar-refractivity contribution is -0.117. The van der Waals surface area contributed by atoms with Crippen LogP contribution in [-0.2, 0) is 11.3 Å². The van der Waals surface area contributed by atoms with Crippen molar-refractivity contribution in [3.63, 3.8) is 0 Å². The van der Waals surface area contributed by atoms with E-state index < -0.39 is 0 Å². The molecule has 0 heterocycles. The summed E-state index contributed by atoms with van der Waals surface area (Å²) in [6.45, 7) is 0.366. The molecule has 1 aliphatic rings. The van der Waals surface area contributed by atoms with E-state index in [1.165, 1.54) is 7.11 Å². The topological polar surface area (TPSA) is 67.4 Å². The monoisotopic (exact) mass is 358 g/mol. The number of carbonyl (C=O) groups is 2. The van der Waals surface area contributed by atoms with Crippen LogP contribution in [0.4, 0.5) is 5.69 Å². The Bertz CT molecular complexity index is 786. The third-order valence-corrected chi connectivity index (χ3v) is 4.26. The predicted octanol–water partition coefficient (Wildman–Crippen LogP) is 3.63. The Kier molecular flexibility index (Phi) is 5.24. The Morgan fingerprint density at radius 2 is 1.88 bits per heavy atom. The largest absolute Gasteiger partial charge is 0.496 e. The van der Waals surface area contributed by atoms with Crippen molar-refractivity contribution in [3.05, 3.63) is 58.6 Å². The maximum atomic E-state index is 12.3. The van der Waals surface area contributed by atoms with E-state index in [1.54, 1.807) is 18.2 Å². The highest BCUT2D eigenvalue weighted by Crippen LogP contribution is 2.30. The summed E-state index contributed by atoms with van der Waals surface area (Å²) in [6, 6.07) is 12.3. The van der Waals surface area contributed by atoms with Crippen LogP contribution < -0.4 is 15.4 Å². The molecular weight excluding hydrogens is 340 g/mol. The molecule has 5 nitrogen and oxygen atoms in total. The summed E-state index contributed by atoms with van der Waals surface area (Å²) in [7, 11) is 1.51. The number of halogens is 1. The smallest absolute Gasteiger partial charge is 0.255 e. The van der Waals surface area contributed by atoms with Gasteiger partial charge in [0.2, 0.25) is 5.91 Å². The summed E-state index contributed by atoms with van der Waals surface area (Å²) < 4.78 is 5.19. The lowest BCUT2D eigenvalue weighted by atomic mass is 10.1. The van der Waals surface area contributed by atoms with Gasteiger partial charge in [0.25, 0.3) is 5.91 Å². The van der Waals surface area contributed by atoms with Crippen molar-refractivity contribution in [2.24, 2.45) is 5.92 Å². The molecule has 3 rings (SSSR count). The zero-order valence-corrected chi connectivity index (χ0v) is 14.6. The second-order valence-corrected chi connectivity index (χ2v) is 6.42. The molecule has 0 spiro atoms. The Hall–Kier alpha value is -2.53. The van der Waals surface area contributed by atoms with E-state index in [4.69, 9.17) is 16.3 Å². The first kappa shape index (κ1) is 17.3. The highest BCUT2D eigenvalue weighted by molar-refractivity contribution is 6.31. The SMILES string of the molecule is COc1ccc(Cl)cc1C(=O)NCc1ccc(NC(=O)C2CC2)cc1. The van der Waals surface area contributed by atoms with E-state index in [0.29, 0.717) is 22.9 Å². The fourth-order valence-electron chi connectivity index (χ4n) is 2.43. The van der Waals surface area contributed by atoms with Gasteiger partial charge in [-0.2, -0.15) is 0 Å². The van der Waals surface area contributed by atoms with Gasteiger partial charge in [0.05, 0.1) is 12.7 Å². The Morgan fingerprint density at radius 3 is 2.52 bits per heavy atom. The molecule has 2 aromatic rings. The lowest BCUT2D eigenvalue weighted by Gasteiger charge is -2.10. The number of ether oxygens (including phenoxy) is 1. The minimum Gasteiger partial charge on any atom is -0.496 e. The molecule has 0 saturated heterocycles. The number of anilines is 1. The fraction of sp³-hybridized carbons (Fsp3) is 0.263. The molecule has 0 bridgehead atoms. The second kappa shape index (κ2) is 7.57. The molecule has 0 atom stereocenters. The molecule has 1 fully saturated rings. The van der Waals surface area contributed by atoms with Gasteiger partial charge < -0.3 is 15.4 Å². The van der Waals surface area contributed by atoms with E-state index >= 15 is 0 Å². The van der Waals surface area contributed by atoms with Crippen LogP contribution in [0.15, 0.2) is 42.5 Å². The van der Waals surface area contributed by atoms with Crippen LogP contribution >= 0.6 is 11.6 Å². The molecule has 0 radical (unpaired) electrons. The first-order valence-corrected chi connectivity index (χ1v) is 8.46. The van der Waals surface area contributed by atoms with Crippen molar-refractivity contribution in [2.45, 2.75) is 19.4 Å². The number of methoxy groups -OCH3 is 1. The summed E-state index contributed by atoms with van der Waals surface area (Å²) in [5.41, 5.74) is 2.09. The van der Waals surface area contributed by atoms with E-state index in [-0.39, 0.29) is 17.7 Å². The third kappa shape index (κ3) is 4.51. The van der Waals surface area contributed by atoms with Crippen molar-refractivity contribution in [3.8, 4) is 5.75 Å². The van der Waals surface area contributed by atoms with Gasteiger partial charge in [-0.3, -0.25) is 9.59 Å². The minimum absolute atomic E-state index is 0.0779. The highest BCUT2D eigenvalue weighted by Gasteiger charge is 2.29. The van der Waals surface area contributed by atoms with Gasteiger partial charge in [-0.15, -0.1) is 0 Å². The molecule has 2 N–H and O–H groups in total. The average molecular weight is 359 g/mol. The second-order valence-electron chi connectivity index (χ2n) is 5.99. The van der Waals surface area contributed by atoms with Crippen LogP contribution in [-0.4, -0.2) is 18.9 Å². The van der Waals surface area contributed by atoms with E-state index in [2.05, 4.69) is 10.6 Å². The maximum absolute atomic E-state index is 12.3. The Morgan fingerprint density at radius 1 is 1.16 bits per heavy atom. The lowest BCUT2D eigenvalue weighted by Crippen LogP contribution is -2.23.